The van der Waals surface area contributed by atoms with E-state index in [0.29, 0.717) is 39.2 Å². The largest absolute Gasteiger partial charge is 0.497 e. The molecule has 0 saturated carbocycles. The summed E-state index contributed by atoms with van der Waals surface area (Å²) in [5.41, 5.74) is 2.44. The van der Waals surface area contributed by atoms with Gasteiger partial charge in [-0.2, -0.15) is 0 Å². The molecule has 3 aromatic rings. The molecule has 4 rings (SSSR count). The molecule has 6 nitrogen and oxygen atoms in total. The van der Waals surface area contributed by atoms with E-state index in [9.17, 15) is 9.59 Å². The molecule has 0 aliphatic carbocycles. The van der Waals surface area contributed by atoms with Gasteiger partial charge in [0.15, 0.2) is 0 Å². The second-order valence-corrected chi connectivity index (χ2v) is 8.46. The van der Waals surface area contributed by atoms with Crippen molar-refractivity contribution in [2.45, 2.75) is 5.37 Å². The van der Waals surface area contributed by atoms with Gasteiger partial charge in [0, 0.05) is 17.3 Å². The first-order valence-corrected chi connectivity index (χ1v) is 11.3. The van der Waals surface area contributed by atoms with E-state index < -0.39 is 0 Å². The molecule has 0 aromatic heterocycles. The fourth-order valence-electron chi connectivity index (χ4n) is 3.56. The van der Waals surface area contributed by atoms with Crippen LogP contribution in [0.5, 0.6) is 11.5 Å². The van der Waals surface area contributed by atoms with Crippen LogP contribution in [0.2, 0.25) is 5.02 Å². The van der Waals surface area contributed by atoms with E-state index >= 15 is 0 Å². The van der Waals surface area contributed by atoms with E-state index in [2.05, 4.69) is 5.32 Å². The van der Waals surface area contributed by atoms with Crippen LogP contribution in [0.15, 0.2) is 66.7 Å². The monoisotopic (exact) mass is 468 g/mol. The van der Waals surface area contributed by atoms with Gasteiger partial charge < -0.3 is 14.8 Å². The third-order valence-electron chi connectivity index (χ3n) is 5.11. The maximum Gasteiger partial charge on any atom is 0.257 e. The number of rotatable bonds is 6. The van der Waals surface area contributed by atoms with Crippen molar-refractivity contribution < 1.29 is 19.1 Å². The molecular formula is C24H21ClN2O4S. The highest BCUT2D eigenvalue weighted by Crippen LogP contribution is 2.47. The van der Waals surface area contributed by atoms with Crippen LogP contribution >= 0.6 is 23.4 Å². The molecule has 1 unspecified atom stereocenters. The molecule has 1 aliphatic heterocycles. The highest BCUT2D eigenvalue weighted by atomic mass is 35.5. The lowest BCUT2D eigenvalue weighted by Gasteiger charge is -2.27. The van der Waals surface area contributed by atoms with E-state index in [1.54, 1.807) is 61.6 Å². The van der Waals surface area contributed by atoms with Crippen LogP contribution in [-0.4, -0.2) is 31.8 Å². The van der Waals surface area contributed by atoms with Gasteiger partial charge in [0.05, 0.1) is 36.2 Å². The zero-order valence-electron chi connectivity index (χ0n) is 17.5. The molecule has 0 spiro atoms. The van der Waals surface area contributed by atoms with Crippen LogP contribution in [0.4, 0.5) is 11.4 Å². The second kappa shape index (κ2) is 9.54. The van der Waals surface area contributed by atoms with Crippen molar-refractivity contribution in [2.75, 3.05) is 30.2 Å². The summed E-state index contributed by atoms with van der Waals surface area (Å²) < 4.78 is 10.8. The number of carbonyl (C=O) groups excluding carboxylic acids is 2. The van der Waals surface area contributed by atoms with Crippen LogP contribution in [0.25, 0.3) is 0 Å². The molecule has 0 bridgehead atoms. The number of carbonyl (C=O) groups is 2. The number of methoxy groups -OCH3 is 2. The molecule has 2 amide bonds. The molecule has 0 radical (unpaired) electrons. The average Bonchev–Trinajstić information content (AvgIpc) is 3.20. The predicted molar refractivity (Wildman–Crippen MR) is 128 cm³/mol. The maximum absolute atomic E-state index is 12.9. The number of ether oxygens (including phenoxy) is 2. The van der Waals surface area contributed by atoms with Gasteiger partial charge in [0.25, 0.3) is 5.91 Å². The summed E-state index contributed by atoms with van der Waals surface area (Å²) >= 11 is 7.68. The zero-order chi connectivity index (χ0) is 22.7. The quantitative estimate of drug-likeness (QED) is 0.525. The third kappa shape index (κ3) is 4.26. The fraction of sp³-hybridized carbons (Fsp3) is 0.167. The molecule has 32 heavy (non-hydrogen) atoms. The first kappa shape index (κ1) is 22.0. The van der Waals surface area contributed by atoms with Gasteiger partial charge in [-0.3, -0.25) is 14.5 Å². The maximum atomic E-state index is 12.9. The van der Waals surface area contributed by atoms with E-state index in [0.717, 1.165) is 5.56 Å². The van der Waals surface area contributed by atoms with Crippen molar-refractivity contribution >= 4 is 46.6 Å². The second-order valence-electron chi connectivity index (χ2n) is 6.99. The molecule has 1 aliphatic rings. The van der Waals surface area contributed by atoms with Gasteiger partial charge in [-0.25, -0.2) is 0 Å². The first-order chi connectivity index (χ1) is 15.5. The zero-order valence-corrected chi connectivity index (χ0v) is 19.1. The summed E-state index contributed by atoms with van der Waals surface area (Å²) in [5, 5.41) is 2.98. The van der Waals surface area contributed by atoms with Crippen LogP contribution in [0.1, 0.15) is 21.3 Å². The molecule has 1 saturated heterocycles. The normalized spacial score (nSPS) is 15.5. The van der Waals surface area contributed by atoms with Crippen LogP contribution < -0.4 is 19.7 Å². The Hall–Kier alpha value is -3.16. The van der Waals surface area contributed by atoms with E-state index in [1.165, 1.54) is 11.8 Å². The topological polar surface area (TPSA) is 67.9 Å². The SMILES string of the molecule is COc1ccc(N2C(=O)CSC2c2ccccc2NC(=O)c2ccccc2Cl)c(OC)c1. The van der Waals surface area contributed by atoms with Crippen LogP contribution in [0, 0.1) is 0 Å². The Bertz CT molecular complexity index is 1170. The number of para-hydroxylation sites is 1. The molecule has 1 fully saturated rings. The summed E-state index contributed by atoms with van der Waals surface area (Å²) in [5.74, 6) is 1.12. The number of hydrogen-bond acceptors (Lipinski definition) is 5. The number of nitrogens with zero attached hydrogens (tertiary/aromatic N) is 1. The minimum atomic E-state index is -0.340. The Kier molecular flexibility index (Phi) is 6.58. The van der Waals surface area contributed by atoms with Crippen LogP contribution in [0.3, 0.4) is 0 Å². The molecule has 1 atom stereocenters. The minimum Gasteiger partial charge on any atom is -0.497 e. The molecule has 1 heterocycles. The molecule has 1 N–H and O–H groups in total. The van der Waals surface area contributed by atoms with Gasteiger partial charge in [-0.1, -0.05) is 41.9 Å². The van der Waals surface area contributed by atoms with Gasteiger partial charge in [0.1, 0.15) is 16.9 Å². The number of amides is 2. The van der Waals surface area contributed by atoms with Gasteiger partial charge in [-0.05, 0) is 30.3 Å². The van der Waals surface area contributed by atoms with E-state index in [-0.39, 0.29) is 17.2 Å². The molecular weight excluding hydrogens is 448 g/mol. The van der Waals surface area contributed by atoms with Crippen molar-refractivity contribution in [1.29, 1.82) is 0 Å². The molecule has 8 heteroatoms. The third-order valence-corrected chi connectivity index (χ3v) is 6.63. The number of hydrogen-bond donors (Lipinski definition) is 1. The van der Waals surface area contributed by atoms with Crippen molar-refractivity contribution in [1.82, 2.24) is 0 Å². The Morgan fingerprint density at radius 3 is 2.56 bits per heavy atom. The average molecular weight is 469 g/mol. The van der Waals surface area contributed by atoms with Crippen molar-refractivity contribution in [3.63, 3.8) is 0 Å². The highest BCUT2D eigenvalue weighted by Gasteiger charge is 2.37. The van der Waals surface area contributed by atoms with Gasteiger partial charge >= 0.3 is 0 Å². The molecule has 164 valence electrons. The summed E-state index contributed by atoms with van der Waals surface area (Å²) in [6.07, 6.45) is 0. The van der Waals surface area contributed by atoms with E-state index in [1.807, 2.05) is 24.3 Å². The number of anilines is 2. The van der Waals surface area contributed by atoms with Crippen LogP contribution in [-0.2, 0) is 4.79 Å². The Morgan fingerprint density at radius 1 is 1.06 bits per heavy atom. The van der Waals surface area contributed by atoms with Gasteiger partial charge in [0.2, 0.25) is 5.91 Å². The van der Waals surface area contributed by atoms with Crippen molar-refractivity contribution in [3.8, 4) is 11.5 Å². The highest BCUT2D eigenvalue weighted by molar-refractivity contribution is 8.00. The molecule has 3 aromatic carbocycles. The standard InChI is InChI=1S/C24H21ClN2O4S/c1-30-15-11-12-20(21(13-15)31-2)27-22(28)14-32-24(27)17-8-4-6-10-19(17)26-23(29)16-7-3-5-9-18(16)25/h3-13,24H,14H2,1-2H3,(H,26,29). The smallest absolute Gasteiger partial charge is 0.257 e. The Labute approximate surface area is 195 Å². The van der Waals surface area contributed by atoms with Crippen molar-refractivity contribution in [3.05, 3.63) is 82.9 Å². The lowest BCUT2D eigenvalue weighted by Crippen LogP contribution is -2.29. The Balaban J connectivity index is 1.70. The summed E-state index contributed by atoms with van der Waals surface area (Å²) in [7, 11) is 3.13. The number of halogens is 1. The summed E-state index contributed by atoms with van der Waals surface area (Å²) in [6, 6.07) is 19.7. The lowest BCUT2D eigenvalue weighted by molar-refractivity contribution is -0.115. The first-order valence-electron chi connectivity index (χ1n) is 9.84. The summed E-state index contributed by atoms with van der Waals surface area (Å²) in [4.78, 5) is 27.5. The predicted octanol–water partition coefficient (Wildman–Crippen LogP) is 5.39. The summed E-state index contributed by atoms with van der Waals surface area (Å²) in [6.45, 7) is 0. The lowest BCUT2D eigenvalue weighted by atomic mass is 10.1. The van der Waals surface area contributed by atoms with E-state index in [4.69, 9.17) is 21.1 Å². The van der Waals surface area contributed by atoms with Crippen molar-refractivity contribution in [2.24, 2.45) is 0 Å². The Morgan fingerprint density at radius 2 is 1.81 bits per heavy atom. The fourth-order valence-corrected chi connectivity index (χ4v) is 4.99. The number of nitrogens with one attached hydrogen (secondary N) is 1. The number of benzene rings is 3. The number of thioether (sulfide) groups is 1. The minimum absolute atomic E-state index is 0.0456. The van der Waals surface area contributed by atoms with Gasteiger partial charge in [-0.15, -0.1) is 11.8 Å².